The summed E-state index contributed by atoms with van der Waals surface area (Å²) in [5.74, 6) is 1.64. The summed E-state index contributed by atoms with van der Waals surface area (Å²) in [6.07, 6.45) is 6.78. The highest BCUT2D eigenvalue weighted by molar-refractivity contribution is 9.10. The topological polar surface area (TPSA) is 61.0 Å². The number of nitrogen functional groups attached to an aromatic ring is 1. The first kappa shape index (κ1) is 10.7. The second kappa shape index (κ2) is 4.79. The fourth-order valence-electron chi connectivity index (χ4n) is 1.57. The average Bonchev–Trinajstić information content (AvgIpc) is 2.15. The highest BCUT2D eigenvalue weighted by Crippen LogP contribution is 2.29. The predicted octanol–water partition coefficient (Wildman–Crippen LogP) is 2.39. The monoisotopic (exact) mass is 271 g/mol. The highest BCUT2D eigenvalue weighted by Gasteiger charge is 2.17. The summed E-state index contributed by atoms with van der Waals surface area (Å²) in [5, 5.41) is 0. The molecule has 0 bridgehead atoms. The molecule has 0 unspecified atom stereocenters. The second-order valence-electron chi connectivity index (χ2n) is 3.82. The van der Waals surface area contributed by atoms with Gasteiger partial charge in [-0.15, -0.1) is 0 Å². The molecule has 0 spiro atoms. The van der Waals surface area contributed by atoms with E-state index >= 15 is 0 Å². The maximum atomic E-state index is 5.55. The van der Waals surface area contributed by atoms with Crippen molar-refractivity contribution < 1.29 is 4.74 Å². The lowest BCUT2D eigenvalue weighted by atomic mass is 9.83. The van der Waals surface area contributed by atoms with Crippen LogP contribution in [-0.4, -0.2) is 16.6 Å². The van der Waals surface area contributed by atoms with Gasteiger partial charge in [0.25, 0.3) is 0 Å². The van der Waals surface area contributed by atoms with Crippen LogP contribution in [-0.2, 0) is 0 Å². The van der Waals surface area contributed by atoms with Gasteiger partial charge in [-0.05, 0) is 28.3 Å². The summed E-state index contributed by atoms with van der Waals surface area (Å²) in [5.41, 5.74) is 5.47. The summed E-state index contributed by atoms with van der Waals surface area (Å²) >= 11 is 3.32. The molecule has 5 heteroatoms. The Labute approximate surface area is 97.4 Å². The smallest absolute Gasteiger partial charge is 0.232 e. The minimum absolute atomic E-state index is 0.247. The number of halogens is 1. The van der Waals surface area contributed by atoms with Gasteiger partial charge in [-0.3, -0.25) is 0 Å². The van der Waals surface area contributed by atoms with E-state index in [1.165, 1.54) is 19.3 Å². The standard InChI is InChI=1S/C10H14BrN3O/c11-8-6-13-10(12)14-9(8)15-5-4-7-2-1-3-7/h6-7H,1-5H2,(H2,12,13,14). The van der Waals surface area contributed by atoms with Gasteiger partial charge in [0, 0.05) is 0 Å². The zero-order valence-corrected chi connectivity index (χ0v) is 10.0. The van der Waals surface area contributed by atoms with Gasteiger partial charge < -0.3 is 10.5 Å². The third-order valence-corrected chi connectivity index (χ3v) is 3.26. The van der Waals surface area contributed by atoms with Crippen molar-refractivity contribution in [1.82, 2.24) is 9.97 Å². The Hall–Kier alpha value is -0.840. The van der Waals surface area contributed by atoms with E-state index in [1.54, 1.807) is 6.20 Å². The van der Waals surface area contributed by atoms with Crippen molar-refractivity contribution in [2.75, 3.05) is 12.3 Å². The molecular formula is C10H14BrN3O. The first-order valence-corrected chi connectivity index (χ1v) is 5.96. The Morgan fingerprint density at radius 3 is 3.00 bits per heavy atom. The number of aromatic nitrogens is 2. The Balaban J connectivity index is 1.83. The van der Waals surface area contributed by atoms with Crippen molar-refractivity contribution >= 4 is 21.9 Å². The fourth-order valence-corrected chi connectivity index (χ4v) is 1.87. The van der Waals surface area contributed by atoms with E-state index in [4.69, 9.17) is 10.5 Å². The molecule has 1 aromatic rings. The van der Waals surface area contributed by atoms with Crippen LogP contribution in [0.4, 0.5) is 5.95 Å². The first-order valence-electron chi connectivity index (χ1n) is 5.16. The highest BCUT2D eigenvalue weighted by atomic mass is 79.9. The van der Waals surface area contributed by atoms with Crippen LogP contribution in [0, 0.1) is 5.92 Å². The Bertz CT molecular complexity index is 341. The van der Waals surface area contributed by atoms with Gasteiger partial charge in [0.2, 0.25) is 11.8 Å². The van der Waals surface area contributed by atoms with E-state index in [-0.39, 0.29) is 5.95 Å². The van der Waals surface area contributed by atoms with Crippen molar-refractivity contribution in [2.24, 2.45) is 5.92 Å². The number of hydrogen-bond acceptors (Lipinski definition) is 4. The molecule has 0 aliphatic heterocycles. The predicted molar refractivity (Wildman–Crippen MR) is 61.6 cm³/mol. The molecule has 1 heterocycles. The number of nitrogens with two attached hydrogens (primary N) is 1. The van der Waals surface area contributed by atoms with Gasteiger partial charge in [0.1, 0.15) is 0 Å². The molecular weight excluding hydrogens is 258 g/mol. The van der Waals surface area contributed by atoms with Crippen LogP contribution in [0.5, 0.6) is 5.88 Å². The third-order valence-electron chi connectivity index (χ3n) is 2.72. The fraction of sp³-hybridized carbons (Fsp3) is 0.600. The zero-order valence-electron chi connectivity index (χ0n) is 8.45. The number of anilines is 1. The average molecular weight is 272 g/mol. The van der Waals surface area contributed by atoms with E-state index in [0.717, 1.165) is 16.8 Å². The third kappa shape index (κ3) is 2.81. The number of nitrogens with zero attached hydrogens (tertiary/aromatic N) is 2. The maximum absolute atomic E-state index is 5.55. The van der Waals surface area contributed by atoms with E-state index in [1.807, 2.05) is 0 Å². The van der Waals surface area contributed by atoms with Gasteiger partial charge in [-0.1, -0.05) is 19.3 Å². The van der Waals surface area contributed by atoms with Crippen LogP contribution in [0.1, 0.15) is 25.7 Å². The quantitative estimate of drug-likeness (QED) is 0.914. The van der Waals surface area contributed by atoms with E-state index in [2.05, 4.69) is 25.9 Å². The lowest BCUT2D eigenvalue weighted by Gasteiger charge is -2.24. The first-order chi connectivity index (χ1) is 7.25. The molecule has 0 aromatic carbocycles. The zero-order chi connectivity index (χ0) is 10.7. The van der Waals surface area contributed by atoms with Crippen LogP contribution < -0.4 is 10.5 Å². The second-order valence-corrected chi connectivity index (χ2v) is 4.67. The Morgan fingerprint density at radius 2 is 2.33 bits per heavy atom. The summed E-state index contributed by atoms with van der Waals surface area (Å²) in [4.78, 5) is 7.86. The summed E-state index contributed by atoms with van der Waals surface area (Å²) < 4.78 is 6.30. The van der Waals surface area contributed by atoms with Crippen LogP contribution >= 0.6 is 15.9 Å². The van der Waals surface area contributed by atoms with Gasteiger partial charge in [-0.25, -0.2) is 4.98 Å². The summed E-state index contributed by atoms with van der Waals surface area (Å²) in [6, 6.07) is 0. The molecule has 4 nitrogen and oxygen atoms in total. The molecule has 0 atom stereocenters. The van der Waals surface area contributed by atoms with Crippen molar-refractivity contribution in [3.8, 4) is 5.88 Å². The van der Waals surface area contributed by atoms with Gasteiger partial charge in [-0.2, -0.15) is 4.98 Å². The lowest BCUT2D eigenvalue weighted by molar-refractivity contribution is 0.216. The van der Waals surface area contributed by atoms with E-state index in [0.29, 0.717) is 12.5 Å². The van der Waals surface area contributed by atoms with E-state index in [9.17, 15) is 0 Å². The number of ether oxygens (including phenoxy) is 1. The van der Waals surface area contributed by atoms with E-state index < -0.39 is 0 Å². The molecule has 1 saturated carbocycles. The molecule has 1 aliphatic carbocycles. The van der Waals surface area contributed by atoms with Crippen LogP contribution in [0.2, 0.25) is 0 Å². The molecule has 0 saturated heterocycles. The lowest BCUT2D eigenvalue weighted by Crippen LogP contribution is -2.15. The molecule has 0 radical (unpaired) electrons. The molecule has 1 aromatic heterocycles. The van der Waals surface area contributed by atoms with Crippen molar-refractivity contribution in [3.05, 3.63) is 10.7 Å². The minimum Gasteiger partial charge on any atom is -0.477 e. The van der Waals surface area contributed by atoms with Gasteiger partial charge in [0.05, 0.1) is 17.3 Å². The number of hydrogen-bond donors (Lipinski definition) is 1. The minimum atomic E-state index is 0.247. The van der Waals surface area contributed by atoms with Crippen LogP contribution in [0.15, 0.2) is 10.7 Å². The van der Waals surface area contributed by atoms with Crippen molar-refractivity contribution in [3.63, 3.8) is 0 Å². The summed E-state index contributed by atoms with van der Waals surface area (Å²) in [6.45, 7) is 0.708. The maximum Gasteiger partial charge on any atom is 0.232 e. The molecule has 15 heavy (non-hydrogen) atoms. The molecule has 1 aliphatic rings. The molecule has 2 N–H and O–H groups in total. The van der Waals surface area contributed by atoms with Gasteiger partial charge in [0.15, 0.2) is 0 Å². The molecule has 1 fully saturated rings. The molecule has 2 rings (SSSR count). The number of rotatable bonds is 4. The van der Waals surface area contributed by atoms with Crippen molar-refractivity contribution in [2.45, 2.75) is 25.7 Å². The van der Waals surface area contributed by atoms with Gasteiger partial charge >= 0.3 is 0 Å². The molecule has 82 valence electrons. The SMILES string of the molecule is Nc1ncc(Br)c(OCCC2CCC2)n1. The summed E-state index contributed by atoms with van der Waals surface area (Å²) in [7, 11) is 0. The molecule has 0 amide bonds. The largest absolute Gasteiger partial charge is 0.477 e. The Morgan fingerprint density at radius 1 is 1.53 bits per heavy atom. The van der Waals surface area contributed by atoms with Crippen LogP contribution in [0.3, 0.4) is 0 Å². The Kier molecular flexibility index (Phi) is 3.41. The normalized spacial score (nSPS) is 16.1. The van der Waals surface area contributed by atoms with Crippen molar-refractivity contribution in [1.29, 1.82) is 0 Å². The van der Waals surface area contributed by atoms with Crippen LogP contribution in [0.25, 0.3) is 0 Å².